The van der Waals surface area contributed by atoms with E-state index in [9.17, 15) is 4.79 Å². The fraction of sp³-hybridized carbons (Fsp3) is 0.667. The van der Waals surface area contributed by atoms with Gasteiger partial charge in [-0.2, -0.15) is 0 Å². The van der Waals surface area contributed by atoms with Crippen molar-refractivity contribution >= 4 is 11.7 Å². The van der Waals surface area contributed by atoms with Crippen molar-refractivity contribution in [3.05, 3.63) is 11.6 Å². The summed E-state index contributed by atoms with van der Waals surface area (Å²) in [7, 11) is 0. The van der Waals surface area contributed by atoms with Gasteiger partial charge < -0.3 is 10.6 Å². The maximum Gasteiger partial charge on any atom is 0.249 e. The van der Waals surface area contributed by atoms with Crippen LogP contribution in [0, 0.1) is 0 Å². The zero-order valence-electron chi connectivity index (χ0n) is 10.5. The number of aliphatic imine (C=N–C) groups is 1. The zero-order chi connectivity index (χ0) is 12.1. The maximum absolute atomic E-state index is 11.8. The van der Waals surface area contributed by atoms with Gasteiger partial charge in [0.05, 0.1) is 6.54 Å². The van der Waals surface area contributed by atoms with Gasteiger partial charge in [0.25, 0.3) is 0 Å². The van der Waals surface area contributed by atoms with Crippen LogP contribution < -0.4 is 10.6 Å². The van der Waals surface area contributed by atoms with Crippen LogP contribution in [0.25, 0.3) is 0 Å². The van der Waals surface area contributed by atoms with Crippen LogP contribution in [0.1, 0.15) is 34.1 Å². The van der Waals surface area contributed by atoms with Crippen LogP contribution in [-0.2, 0) is 4.79 Å². The highest BCUT2D eigenvalue weighted by Gasteiger charge is 2.16. The molecule has 1 aliphatic heterocycles. The van der Waals surface area contributed by atoms with Gasteiger partial charge in [0.1, 0.15) is 5.84 Å². The summed E-state index contributed by atoms with van der Waals surface area (Å²) in [4.78, 5) is 16.0. The third-order valence-electron chi connectivity index (χ3n) is 2.45. The number of hydrogen-bond donors (Lipinski definition) is 2. The van der Waals surface area contributed by atoms with E-state index in [1.54, 1.807) is 0 Å². The van der Waals surface area contributed by atoms with Gasteiger partial charge in [-0.05, 0) is 33.3 Å². The van der Waals surface area contributed by atoms with Crippen LogP contribution in [0.2, 0.25) is 0 Å². The third kappa shape index (κ3) is 3.68. The quantitative estimate of drug-likeness (QED) is 0.753. The Balaban J connectivity index is 2.49. The highest BCUT2D eigenvalue weighted by Crippen LogP contribution is 2.05. The van der Waals surface area contributed by atoms with Gasteiger partial charge >= 0.3 is 0 Å². The van der Waals surface area contributed by atoms with E-state index in [2.05, 4.69) is 22.5 Å². The molecule has 1 atom stereocenters. The van der Waals surface area contributed by atoms with Crippen molar-refractivity contribution in [1.82, 2.24) is 10.6 Å². The Morgan fingerprint density at radius 2 is 2.19 bits per heavy atom. The smallest absolute Gasteiger partial charge is 0.249 e. The normalized spacial score (nSPS) is 16.8. The monoisotopic (exact) mass is 223 g/mol. The molecule has 0 unspecified atom stereocenters. The van der Waals surface area contributed by atoms with Crippen molar-refractivity contribution in [2.45, 2.75) is 46.2 Å². The summed E-state index contributed by atoms with van der Waals surface area (Å²) >= 11 is 0. The van der Waals surface area contributed by atoms with Gasteiger partial charge in [0.2, 0.25) is 5.91 Å². The summed E-state index contributed by atoms with van der Waals surface area (Å²) < 4.78 is 0. The Hall–Kier alpha value is -1.32. The molecule has 0 saturated carbocycles. The van der Waals surface area contributed by atoms with E-state index >= 15 is 0 Å². The second-order valence-electron chi connectivity index (χ2n) is 4.45. The average molecular weight is 223 g/mol. The highest BCUT2D eigenvalue weighted by molar-refractivity contribution is 6.06. The standard InChI is InChI=1S/C12H21N3O/c1-5-9(4)15-12(16)10-6-11(13-7-10)14-8(2)3/h6,8-9H,5,7H2,1-4H3,(H,13,14)(H,15,16)/t9-/m0/s1. The SMILES string of the molecule is CC[C@H](C)NC(=O)C1=CC(NC(C)C)=NC1. The third-order valence-corrected chi connectivity index (χ3v) is 2.45. The fourth-order valence-electron chi connectivity index (χ4n) is 1.37. The average Bonchev–Trinajstić information content (AvgIpc) is 2.65. The lowest BCUT2D eigenvalue weighted by atomic mass is 10.2. The van der Waals surface area contributed by atoms with Gasteiger partial charge in [0, 0.05) is 17.7 Å². The van der Waals surface area contributed by atoms with Crippen molar-refractivity contribution in [2.24, 2.45) is 4.99 Å². The van der Waals surface area contributed by atoms with Gasteiger partial charge in [-0.3, -0.25) is 9.79 Å². The van der Waals surface area contributed by atoms with Crippen LogP contribution >= 0.6 is 0 Å². The molecule has 2 N–H and O–H groups in total. The van der Waals surface area contributed by atoms with Crippen LogP contribution in [0.15, 0.2) is 16.6 Å². The largest absolute Gasteiger partial charge is 0.368 e. The molecule has 0 spiro atoms. The first-order chi connectivity index (χ1) is 7.52. The summed E-state index contributed by atoms with van der Waals surface area (Å²) in [5.41, 5.74) is 0.739. The van der Waals surface area contributed by atoms with Crippen molar-refractivity contribution in [3.8, 4) is 0 Å². The van der Waals surface area contributed by atoms with E-state index in [0.29, 0.717) is 12.6 Å². The summed E-state index contributed by atoms with van der Waals surface area (Å²) in [5.74, 6) is 0.808. The predicted octanol–water partition coefficient (Wildman–Crippen LogP) is 1.24. The molecule has 0 radical (unpaired) electrons. The number of hydrogen-bond acceptors (Lipinski definition) is 3. The van der Waals surface area contributed by atoms with Gasteiger partial charge in [-0.1, -0.05) is 6.92 Å². The summed E-state index contributed by atoms with van der Waals surface area (Å²) in [6.07, 6.45) is 2.77. The van der Waals surface area contributed by atoms with Crippen LogP contribution in [0.5, 0.6) is 0 Å². The first kappa shape index (κ1) is 12.7. The molecular formula is C12H21N3O. The lowest BCUT2D eigenvalue weighted by Gasteiger charge is -2.11. The number of rotatable bonds is 4. The van der Waals surface area contributed by atoms with E-state index in [1.807, 2.05) is 26.8 Å². The molecule has 0 fully saturated rings. The molecule has 1 rings (SSSR count). The predicted molar refractivity (Wildman–Crippen MR) is 66.6 cm³/mol. The highest BCUT2D eigenvalue weighted by atomic mass is 16.1. The van der Waals surface area contributed by atoms with E-state index in [0.717, 1.165) is 17.8 Å². The Morgan fingerprint density at radius 1 is 1.50 bits per heavy atom. The molecule has 1 heterocycles. The first-order valence-corrected chi connectivity index (χ1v) is 5.85. The molecule has 0 aromatic carbocycles. The second-order valence-corrected chi connectivity index (χ2v) is 4.45. The number of nitrogens with zero attached hydrogens (tertiary/aromatic N) is 1. The molecule has 0 aromatic rings. The molecular weight excluding hydrogens is 202 g/mol. The van der Waals surface area contributed by atoms with Crippen molar-refractivity contribution in [2.75, 3.05) is 6.54 Å². The maximum atomic E-state index is 11.8. The summed E-state index contributed by atoms with van der Waals surface area (Å²) in [5, 5.41) is 6.12. The van der Waals surface area contributed by atoms with E-state index in [-0.39, 0.29) is 11.9 Å². The van der Waals surface area contributed by atoms with Crippen molar-refractivity contribution in [3.63, 3.8) is 0 Å². The summed E-state index contributed by atoms with van der Waals surface area (Å²) in [6, 6.07) is 0.558. The Bertz CT molecular complexity index is 318. The van der Waals surface area contributed by atoms with Gasteiger partial charge in [-0.25, -0.2) is 0 Å². The fourth-order valence-corrected chi connectivity index (χ4v) is 1.37. The number of carbonyl (C=O) groups is 1. The first-order valence-electron chi connectivity index (χ1n) is 5.85. The number of amidine groups is 1. The molecule has 1 amide bonds. The molecule has 0 aliphatic carbocycles. The van der Waals surface area contributed by atoms with Crippen molar-refractivity contribution in [1.29, 1.82) is 0 Å². The molecule has 16 heavy (non-hydrogen) atoms. The molecule has 90 valence electrons. The van der Waals surface area contributed by atoms with Crippen LogP contribution in [0.4, 0.5) is 0 Å². The lowest BCUT2D eigenvalue weighted by Crippen LogP contribution is -2.33. The summed E-state index contributed by atoms with van der Waals surface area (Å²) in [6.45, 7) is 8.64. The molecule has 4 heteroatoms. The van der Waals surface area contributed by atoms with E-state index in [4.69, 9.17) is 0 Å². The minimum atomic E-state index is -0.00124. The number of nitrogens with one attached hydrogen (secondary N) is 2. The molecule has 1 aliphatic rings. The van der Waals surface area contributed by atoms with E-state index in [1.165, 1.54) is 0 Å². The van der Waals surface area contributed by atoms with Crippen LogP contribution in [-0.4, -0.2) is 30.4 Å². The topological polar surface area (TPSA) is 53.5 Å². The Kier molecular flexibility index (Phi) is 4.52. The van der Waals surface area contributed by atoms with Crippen LogP contribution in [0.3, 0.4) is 0 Å². The van der Waals surface area contributed by atoms with Gasteiger partial charge in [0.15, 0.2) is 0 Å². The minimum absolute atomic E-state index is 0.00124. The Morgan fingerprint density at radius 3 is 2.75 bits per heavy atom. The molecule has 4 nitrogen and oxygen atoms in total. The van der Waals surface area contributed by atoms with E-state index < -0.39 is 0 Å². The molecule has 0 bridgehead atoms. The lowest BCUT2D eigenvalue weighted by molar-refractivity contribution is -0.118. The Labute approximate surface area is 97.2 Å². The molecule has 0 saturated heterocycles. The zero-order valence-corrected chi connectivity index (χ0v) is 10.5. The van der Waals surface area contributed by atoms with Gasteiger partial charge in [-0.15, -0.1) is 0 Å². The van der Waals surface area contributed by atoms with Crippen molar-refractivity contribution < 1.29 is 4.79 Å². The second kappa shape index (κ2) is 5.68. The number of amides is 1. The minimum Gasteiger partial charge on any atom is -0.368 e. The molecule has 0 aromatic heterocycles. The number of carbonyl (C=O) groups excluding carboxylic acids is 1.